The largest absolute Gasteiger partial charge is 0.367 e. The first kappa shape index (κ1) is 14.9. The van der Waals surface area contributed by atoms with Crippen molar-refractivity contribution in [3.63, 3.8) is 0 Å². The standard InChI is InChI=1S/C15H22N4S2/c1-9-8-12-13(18-15(16-2)19-14(12)21-9)17-10-4-6-11(20-3)7-5-10/h8,10-11H,4-7H2,1-3H3,(H2,16,17,18,19). The van der Waals surface area contributed by atoms with Crippen molar-refractivity contribution in [1.29, 1.82) is 0 Å². The van der Waals surface area contributed by atoms with Crippen LogP contribution in [-0.4, -0.2) is 34.6 Å². The molecular formula is C15H22N4S2. The van der Waals surface area contributed by atoms with Gasteiger partial charge < -0.3 is 10.6 Å². The maximum absolute atomic E-state index is 4.63. The highest BCUT2D eigenvalue weighted by molar-refractivity contribution is 7.99. The Morgan fingerprint density at radius 2 is 2.00 bits per heavy atom. The van der Waals surface area contributed by atoms with E-state index < -0.39 is 0 Å². The molecule has 1 saturated carbocycles. The van der Waals surface area contributed by atoms with Crippen molar-refractivity contribution in [2.24, 2.45) is 0 Å². The van der Waals surface area contributed by atoms with Crippen molar-refractivity contribution in [2.45, 2.75) is 43.9 Å². The number of nitrogens with zero attached hydrogens (tertiary/aromatic N) is 2. The van der Waals surface area contributed by atoms with Crippen molar-refractivity contribution in [3.05, 3.63) is 10.9 Å². The van der Waals surface area contributed by atoms with Crippen molar-refractivity contribution in [2.75, 3.05) is 23.9 Å². The molecule has 6 heteroatoms. The molecule has 3 rings (SSSR count). The lowest BCUT2D eigenvalue weighted by molar-refractivity contribution is 0.472. The van der Waals surface area contributed by atoms with E-state index in [4.69, 9.17) is 0 Å². The van der Waals surface area contributed by atoms with E-state index in [1.54, 1.807) is 11.3 Å². The molecule has 0 spiro atoms. The van der Waals surface area contributed by atoms with Gasteiger partial charge >= 0.3 is 0 Å². The van der Waals surface area contributed by atoms with E-state index in [-0.39, 0.29) is 0 Å². The van der Waals surface area contributed by atoms with Crippen LogP contribution >= 0.6 is 23.1 Å². The fourth-order valence-electron chi connectivity index (χ4n) is 2.90. The topological polar surface area (TPSA) is 49.8 Å². The van der Waals surface area contributed by atoms with Crippen molar-refractivity contribution in [1.82, 2.24) is 9.97 Å². The second-order valence-electron chi connectivity index (χ2n) is 5.58. The van der Waals surface area contributed by atoms with Crippen LogP contribution in [-0.2, 0) is 0 Å². The quantitative estimate of drug-likeness (QED) is 0.886. The van der Waals surface area contributed by atoms with Gasteiger partial charge in [-0.3, -0.25) is 0 Å². The molecule has 2 heterocycles. The molecule has 0 saturated heterocycles. The molecule has 1 aliphatic carbocycles. The van der Waals surface area contributed by atoms with Gasteiger partial charge in [-0.1, -0.05) is 0 Å². The van der Waals surface area contributed by atoms with E-state index in [1.807, 2.05) is 18.8 Å². The summed E-state index contributed by atoms with van der Waals surface area (Å²) in [5.41, 5.74) is 0. The molecule has 0 aliphatic heterocycles. The zero-order valence-corrected chi connectivity index (χ0v) is 14.4. The van der Waals surface area contributed by atoms with Gasteiger partial charge in [-0.05, 0) is 44.9 Å². The average molecular weight is 323 g/mol. The first-order chi connectivity index (χ1) is 10.2. The molecule has 114 valence electrons. The summed E-state index contributed by atoms with van der Waals surface area (Å²) in [4.78, 5) is 11.5. The Morgan fingerprint density at radius 1 is 1.24 bits per heavy atom. The van der Waals surface area contributed by atoms with Crippen LogP contribution in [0.15, 0.2) is 6.07 Å². The molecule has 2 N–H and O–H groups in total. The summed E-state index contributed by atoms with van der Waals surface area (Å²) in [6, 6.07) is 2.73. The van der Waals surface area contributed by atoms with Crippen LogP contribution in [0.1, 0.15) is 30.6 Å². The first-order valence-electron chi connectivity index (χ1n) is 7.45. The summed E-state index contributed by atoms with van der Waals surface area (Å²) >= 11 is 3.73. The number of thioether (sulfide) groups is 1. The summed E-state index contributed by atoms with van der Waals surface area (Å²) in [5, 5.41) is 8.72. The molecule has 0 bridgehead atoms. The van der Waals surface area contributed by atoms with E-state index in [1.165, 1.54) is 30.6 Å². The van der Waals surface area contributed by atoms with Gasteiger partial charge in [-0.15, -0.1) is 11.3 Å². The molecular weight excluding hydrogens is 300 g/mol. The van der Waals surface area contributed by atoms with Crippen LogP contribution in [0.4, 0.5) is 11.8 Å². The predicted molar refractivity (Wildman–Crippen MR) is 94.9 cm³/mol. The van der Waals surface area contributed by atoms with Crippen LogP contribution in [0, 0.1) is 6.92 Å². The lowest BCUT2D eigenvalue weighted by atomic mass is 9.95. The molecule has 0 aromatic carbocycles. The average Bonchev–Trinajstić information content (AvgIpc) is 2.88. The van der Waals surface area contributed by atoms with Gasteiger partial charge in [0.2, 0.25) is 5.95 Å². The smallest absolute Gasteiger partial charge is 0.225 e. The third kappa shape index (κ3) is 3.26. The number of hydrogen-bond acceptors (Lipinski definition) is 6. The number of thiophene rings is 1. The Balaban J connectivity index is 1.82. The van der Waals surface area contributed by atoms with Gasteiger partial charge in [0.05, 0.1) is 5.39 Å². The third-order valence-corrected chi connectivity index (χ3v) is 6.17. The van der Waals surface area contributed by atoms with Crippen molar-refractivity contribution >= 4 is 45.1 Å². The van der Waals surface area contributed by atoms with E-state index in [2.05, 4.69) is 39.8 Å². The van der Waals surface area contributed by atoms with Crippen LogP contribution in [0.25, 0.3) is 10.2 Å². The first-order valence-corrected chi connectivity index (χ1v) is 9.55. The lowest BCUT2D eigenvalue weighted by Crippen LogP contribution is -2.27. The lowest BCUT2D eigenvalue weighted by Gasteiger charge is -2.28. The molecule has 0 amide bonds. The predicted octanol–water partition coefficient (Wildman–Crippen LogP) is 4.13. The monoisotopic (exact) mass is 322 g/mol. The minimum Gasteiger partial charge on any atom is -0.367 e. The van der Waals surface area contributed by atoms with Gasteiger partial charge in [0.1, 0.15) is 10.6 Å². The Labute approximate surface area is 134 Å². The SMILES string of the molecule is CNc1nc(NC2CCC(SC)CC2)c2cc(C)sc2n1. The zero-order chi connectivity index (χ0) is 14.8. The van der Waals surface area contributed by atoms with Gasteiger partial charge in [0.15, 0.2) is 0 Å². The Bertz CT molecular complexity index is 617. The number of aromatic nitrogens is 2. The fraction of sp³-hybridized carbons (Fsp3) is 0.600. The van der Waals surface area contributed by atoms with Crippen LogP contribution in [0.3, 0.4) is 0 Å². The molecule has 1 fully saturated rings. The number of rotatable bonds is 4. The summed E-state index contributed by atoms with van der Waals surface area (Å²) in [5.74, 6) is 1.69. The maximum atomic E-state index is 4.63. The van der Waals surface area contributed by atoms with Crippen LogP contribution in [0.2, 0.25) is 0 Å². The molecule has 2 aromatic rings. The second kappa shape index (κ2) is 6.40. The highest BCUT2D eigenvalue weighted by Crippen LogP contribution is 2.33. The summed E-state index contributed by atoms with van der Waals surface area (Å²) in [6.07, 6.45) is 7.28. The fourth-order valence-corrected chi connectivity index (χ4v) is 4.52. The summed E-state index contributed by atoms with van der Waals surface area (Å²) in [7, 11) is 1.87. The van der Waals surface area contributed by atoms with E-state index in [9.17, 15) is 0 Å². The highest BCUT2D eigenvalue weighted by atomic mass is 32.2. The van der Waals surface area contributed by atoms with Gasteiger partial charge in [0, 0.05) is 23.2 Å². The summed E-state index contributed by atoms with van der Waals surface area (Å²) in [6.45, 7) is 2.12. The van der Waals surface area contributed by atoms with Crippen molar-refractivity contribution in [3.8, 4) is 0 Å². The van der Waals surface area contributed by atoms with E-state index in [0.29, 0.717) is 12.0 Å². The minimum absolute atomic E-state index is 0.538. The maximum Gasteiger partial charge on any atom is 0.225 e. The normalized spacial score (nSPS) is 22.4. The van der Waals surface area contributed by atoms with Gasteiger partial charge in [-0.2, -0.15) is 16.7 Å². The number of nitrogens with one attached hydrogen (secondary N) is 2. The number of hydrogen-bond donors (Lipinski definition) is 2. The van der Waals surface area contributed by atoms with Gasteiger partial charge in [-0.25, -0.2) is 4.98 Å². The second-order valence-corrected chi connectivity index (χ2v) is 7.95. The third-order valence-electron chi connectivity index (χ3n) is 4.09. The summed E-state index contributed by atoms with van der Waals surface area (Å²) < 4.78 is 0. The zero-order valence-electron chi connectivity index (χ0n) is 12.8. The highest BCUT2D eigenvalue weighted by Gasteiger charge is 2.21. The van der Waals surface area contributed by atoms with E-state index >= 15 is 0 Å². The Morgan fingerprint density at radius 3 is 2.67 bits per heavy atom. The number of fused-ring (bicyclic) bond motifs is 1. The molecule has 0 unspecified atom stereocenters. The molecule has 4 nitrogen and oxygen atoms in total. The molecule has 2 aromatic heterocycles. The van der Waals surface area contributed by atoms with Crippen molar-refractivity contribution < 1.29 is 0 Å². The molecule has 0 atom stereocenters. The molecule has 1 aliphatic rings. The number of aryl methyl sites for hydroxylation is 1. The minimum atomic E-state index is 0.538. The Kier molecular flexibility index (Phi) is 4.54. The number of anilines is 2. The molecule has 0 radical (unpaired) electrons. The van der Waals surface area contributed by atoms with E-state index in [0.717, 1.165) is 21.3 Å². The van der Waals surface area contributed by atoms with Gasteiger partial charge in [0.25, 0.3) is 0 Å². The Hall–Kier alpha value is -1.01. The van der Waals surface area contributed by atoms with Crippen LogP contribution in [0.5, 0.6) is 0 Å². The van der Waals surface area contributed by atoms with Crippen LogP contribution < -0.4 is 10.6 Å². The molecule has 21 heavy (non-hydrogen) atoms.